The summed E-state index contributed by atoms with van der Waals surface area (Å²) < 4.78 is 13.3. The van der Waals surface area contributed by atoms with Gasteiger partial charge < -0.3 is 15.7 Å². The van der Waals surface area contributed by atoms with Crippen LogP contribution in [-0.2, 0) is 4.79 Å². The molecule has 116 valence electrons. The first-order valence-corrected chi connectivity index (χ1v) is 7.47. The maximum atomic E-state index is 13.1. The first-order valence-electron chi connectivity index (χ1n) is 6.30. The third kappa shape index (κ3) is 5.51. The molecular weight excluding hydrogens is 367 g/mol. The van der Waals surface area contributed by atoms with Crippen molar-refractivity contribution in [2.75, 3.05) is 5.32 Å². The first-order chi connectivity index (χ1) is 9.85. The number of amides is 2. The van der Waals surface area contributed by atoms with Crippen LogP contribution in [0.25, 0.3) is 0 Å². The van der Waals surface area contributed by atoms with Gasteiger partial charge >= 0.3 is 12.0 Å². The highest BCUT2D eigenvalue weighted by molar-refractivity contribution is 9.10. The number of carboxylic acids is 1. The van der Waals surface area contributed by atoms with Crippen LogP contribution in [0.3, 0.4) is 0 Å². The van der Waals surface area contributed by atoms with Gasteiger partial charge in [-0.1, -0.05) is 31.4 Å². The standard InChI is InChI=1S/C13H15BrClFN2O3/c1-2-3-4-10(12(19)20)17-13(21)18-11-8(14)5-7(16)6-9(11)15/h5-6,10H,2-4H2,1H3,(H,19,20)(H2,17,18,21)/t10-/m0/s1. The Morgan fingerprint density at radius 3 is 2.67 bits per heavy atom. The summed E-state index contributed by atoms with van der Waals surface area (Å²) in [5, 5.41) is 13.8. The molecule has 3 N–H and O–H groups in total. The van der Waals surface area contributed by atoms with Gasteiger partial charge in [0.1, 0.15) is 11.9 Å². The van der Waals surface area contributed by atoms with E-state index >= 15 is 0 Å². The number of carboxylic acid groups (broad SMARTS) is 1. The number of hydrogen-bond acceptors (Lipinski definition) is 2. The molecule has 5 nitrogen and oxygen atoms in total. The van der Waals surface area contributed by atoms with Crippen molar-refractivity contribution < 1.29 is 19.1 Å². The zero-order chi connectivity index (χ0) is 16.0. The third-order valence-electron chi connectivity index (χ3n) is 2.70. The van der Waals surface area contributed by atoms with E-state index in [1.165, 1.54) is 0 Å². The van der Waals surface area contributed by atoms with Crippen molar-refractivity contribution in [1.29, 1.82) is 0 Å². The van der Waals surface area contributed by atoms with Gasteiger partial charge in [-0.05, 0) is 34.5 Å². The molecule has 1 aromatic rings. The molecule has 21 heavy (non-hydrogen) atoms. The van der Waals surface area contributed by atoms with Crippen LogP contribution in [0.5, 0.6) is 0 Å². The van der Waals surface area contributed by atoms with Crippen LogP contribution in [0.4, 0.5) is 14.9 Å². The summed E-state index contributed by atoms with van der Waals surface area (Å²) >= 11 is 8.91. The SMILES string of the molecule is CCCC[C@H](NC(=O)Nc1c(Cl)cc(F)cc1Br)C(=O)O. The Bertz CT molecular complexity index is 519. The summed E-state index contributed by atoms with van der Waals surface area (Å²) in [7, 11) is 0. The fourth-order valence-corrected chi connectivity index (χ4v) is 2.53. The van der Waals surface area contributed by atoms with E-state index in [1.807, 2.05) is 6.92 Å². The van der Waals surface area contributed by atoms with E-state index < -0.39 is 23.9 Å². The summed E-state index contributed by atoms with van der Waals surface area (Å²) in [6, 6.07) is 0.497. The third-order valence-corrected chi connectivity index (χ3v) is 3.62. The molecule has 0 fully saturated rings. The highest BCUT2D eigenvalue weighted by atomic mass is 79.9. The van der Waals surface area contributed by atoms with Gasteiger partial charge in [-0.15, -0.1) is 0 Å². The molecule has 1 aromatic carbocycles. The van der Waals surface area contributed by atoms with E-state index in [2.05, 4.69) is 26.6 Å². The Labute approximate surface area is 135 Å². The molecule has 0 aromatic heterocycles. The monoisotopic (exact) mass is 380 g/mol. The minimum Gasteiger partial charge on any atom is -0.480 e. The number of urea groups is 1. The lowest BCUT2D eigenvalue weighted by Crippen LogP contribution is -2.43. The zero-order valence-corrected chi connectivity index (χ0v) is 13.6. The van der Waals surface area contributed by atoms with Gasteiger partial charge in [-0.2, -0.15) is 0 Å². The highest BCUT2D eigenvalue weighted by Gasteiger charge is 2.20. The van der Waals surface area contributed by atoms with Crippen LogP contribution in [0.15, 0.2) is 16.6 Å². The van der Waals surface area contributed by atoms with Crippen molar-refractivity contribution in [3.05, 3.63) is 27.4 Å². The first kappa shape index (κ1) is 17.7. The molecule has 0 radical (unpaired) electrons. The number of aliphatic carboxylic acids is 1. The number of benzene rings is 1. The van der Waals surface area contributed by atoms with Crippen molar-refractivity contribution >= 4 is 45.2 Å². The lowest BCUT2D eigenvalue weighted by atomic mass is 10.1. The number of nitrogens with one attached hydrogen (secondary N) is 2. The van der Waals surface area contributed by atoms with E-state index in [9.17, 15) is 14.0 Å². The fourth-order valence-electron chi connectivity index (χ4n) is 1.64. The van der Waals surface area contributed by atoms with E-state index in [-0.39, 0.29) is 15.2 Å². The highest BCUT2D eigenvalue weighted by Crippen LogP contribution is 2.31. The number of rotatable bonds is 6. The van der Waals surface area contributed by atoms with Crippen LogP contribution in [0, 0.1) is 5.82 Å². The quantitative estimate of drug-likeness (QED) is 0.697. The second-order valence-electron chi connectivity index (χ2n) is 4.38. The molecule has 0 aliphatic rings. The molecule has 1 atom stereocenters. The zero-order valence-electron chi connectivity index (χ0n) is 11.3. The van der Waals surface area contributed by atoms with Crippen molar-refractivity contribution in [3.8, 4) is 0 Å². The van der Waals surface area contributed by atoms with Gasteiger partial charge in [-0.3, -0.25) is 0 Å². The molecular formula is C13H15BrClFN2O3. The smallest absolute Gasteiger partial charge is 0.326 e. The molecule has 1 rings (SSSR count). The predicted molar refractivity (Wildman–Crippen MR) is 82.2 cm³/mol. The Morgan fingerprint density at radius 1 is 1.48 bits per heavy atom. The minimum absolute atomic E-state index is 0.0115. The Kier molecular flexibility index (Phi) is 6.91. The topological polar surface area (TPSA) is 78.4 Å². The van der Waals surface area contributed by atoms with Gasteiger partial charge in [0, 0.05) is 4.47 Å². The molecule has 0 saturated carbocycles. The van der Waals surface area contributed by atoms with Crippen molar-refractivity contribution in [1.82, 2.24) is 5.32 Å². The van der Waals surface area contributed by atoms with Crippen molar-refractivity contribution in [3.63, 3.8) is 0 Å². The molecule has 0 aliphatic carbocycles. The average molecular weight is 382 g/mol. The molecule has 0 aliphatic heterocycles. The number of carbonyl (C=O) groups excluding carboxylic acids is 1. The van der Waals surface area contributed by atoms with Crippen molar-refractivity contribution in [2.45, 2.75) is 32.2 Å². The Balaban J connectivity index is 2.74. The van der Waals surface area contributed by atoms with Gasteiger partial charge in [-0.25, -0.2) is 14.0 Å². The second-order valence-corrected chi connectivity index (χ2v) is 5.64. The van der Waals surface area contributed by atoms with Gasteiger partial charge in [0.25, 0.3) is 0 Å². The molecule has 0 heterocycles. The summed E-state index contributed by atoms with van der Waals surface area (Å²) in [5.41, 5.74) is 0.176. The predicted octanol–water partition coefficient (Wildman–Crippen LogP) is 4.01. The fraction of sp³-hybridized carbons (Fsp3) is 0.385. The number of anilines is 1. The molecule has 0 bridgehead atoms. The van der Waals surface area contributed by atoms with Crippen LogP contribution in [-0.4, -0.2) is 23.1 Å². The molecule has 0 unspecified atom stereocenters. The van der Waals surface area contributed by atoms with Crippen molar-refractivity contribution in [2.24, 2.45) is 0 Å². The van der Waals surface area contributed by atoms with E-state index in [0.717, 1.165) is 18.6 Å². The van der Waals surface area contributed by atoms with Crippen LogP contribution in [0.1, 0.15) is 26.2 Å². The maximum Gasteiger partial charge on any atom is 0.326 e. The molecule has 0 spiro atoms. The van der Waals surface area contributed by atoms with Gasteiger partial charge in [0.05, 0.1) is 10.7 Å². The maximum absolute atomic E-state index is 13.1. The van der Waals surface area contributed by atoms with Gasteiger partial charge in [0.15, 0.2) is 0 Å². The van der Waals surface area contributed by atoms with Crippen LogP contribution in [0.2, 0.25) is 5.02 Å². The van der Waals surface area contributed by atoms with Gasteiger partial charge in [0.2, 0.25) is 0 Å². The normalized spacial score (nSPS) is 11.8. The summed E-state index contributed by atoms with van der Waals surface area (Å²) in [6.45, 7) is 1.92. The van der Waals surface area contributed by atoms with Crippen LogP contribution < -0.4 is 10.6 Å². The minimum atomic E-state index is -1.11. The van der Waals surface area contributed by atoms with E-state index in [4.69, 9.17) is 16.7 Å². The molecule has 0 saturated heterocycles. The number of hydrogen-bond donors (Lipinski definition) is 3. The summed E-state index contributed by atoms with van der Waals surface area (Å²) in [4.78, 5) is 22.9. The van der Waals surface area contributed by atoms with Crippen LogP contribution >= 0.6 is 27.5 Å². The summed E-state index contributed by atoms with van der Waals surface area (Å²) in [6.07, 6.45) is 1.83. The largest absolute Gasteiger partial charge is 0.480 e. The lowest BCUT2D eigenvalue weighted by molar-refractivity contribution is -0.139. The Hall–Kier alpha value is -1.34. The van der Waals surface area contributed by atoms with E-state index in [1.54, 1.807) is 0 Å². The molecule has 8 heteroatoms. The second kappa shape index (κ2) is 8.19. The Morgan fingerprint density at radius 2 is 2.14 bits per heavy atom. The lowest BCUT2D eigenvalue weighted by Gasteiger charge is -2.16. The number of unbranched alkanes of at least 4 members (excludes halogenated alkanes) is 1. The molecule has 2 amide bonds. The summed E-state index contributed by atoms with van der Waals surface area (Å²) in [5.74, 6) is -1.66. The number of halogens is 3. The van der Waals surface area contributed by atoms with E-state index in [0.29, 0.717) is 12.8 Å². The average Bonchev–Trinajstić information content (AvgIpc) is 2.38. The number of carbonyl (C=O) groups is 2.